The minimum absolute atomic E-state index is 0.519. The molecule has 3 heteroatoms. The van der Waals surface area contributed by atoms with Crippen LogP contribution in [0.2, 0.25) is 0 Å². The zero-order valence-corrected chi connectivity index (χ0v) is 13.5. The molecular formula is C16H17BrClN. The number of halogens is 2. The van der Waals surface area contributed by atoms with Crippen molar-refractivity contribution in [3.05, 3.63) is 58.1 Å². The van der Waals surface area contributed by atoms with Gasteiger partial charge in [-0.2, -0.15) is 0 Å². The molecule has 0 heterocycles. The molecule has 19 heavy (non-hydrogen) atoms. The highest BCUT2D eigenvalue weighted by Gasteiger charge is 2.11. The first-order valence-corrected chi connectivity index (χ1v) is 7.67. The highest BCUT2D eigenvalue weighted by Crippen LogP contribution is 2.32. The summed E-state index contributed by atoms with van der Waals surface area (Å²) in [6.07, 6.45) is 0. The fourth-order valence-corrected chi connectivity index (χ4v) is 2.69. The molecule has 0 aromatic heterocycles. The Morgan fingerprint density at radius 3 is 2.37 bits per heavy atom. The van der Waals surface area contributed by atoms with Gasteiger partial charge >= 0.3 is 0 Å². The molecule has 0 N–H and O–H groups in total. The molecule has 0 saturated carbocycles. The second-order valence-electron chi connectivity index (χ2n) is 4.49. The van der Waals surface area contributed by atoms with Gasteiger partial charge in [0.1, 0.15) is 0 Å². The Labute approximate surface area is 128 Å². The molecule has 0 spiro atoms. The van der Waals surface area contributed by atoms with Gasteiger partial charge in [-0.15, -0.1) is 11.6 Å². The average molecular weight is 339 g/mol. The molecule has 0 aliphatic carbocycles. The lowest BCUT2D eigenvalue weighted by Crippen LogP contribution is -2.17. The van der Waals surface area contributed by atoms with Crippen molar-refractivity contribution in [1.82, 2.24) is 0 Å². The Balaban J connectivity index is 2.47. The highest BCUT2D eigenvalue weighted by molar-refractivity contribution is 9.10. The fourth-order valence-electron chi connectivity index (χ4n) is 2.12. The molecule has 0 saturated heterocycles. The van der Waals surface area contributed by atoms with Gasteiger partial charge in [0.25, 0.3) is 0 Å². The van der Waals surface area contributed by atoms with Crippen LogP contribution >= 0.6 is 27.5 Å². The van der Waals surface area contributed by atoms with E-state index in [9.17, 15) is 0 Å². The number of hydrogen-bond acceptors (Lipinski definition) is 1. The van der Waals surface area contributed by atoms with E-state index in [1.54, 1.807) is 0 Å². The Morgan fingerprint density at radius 2 is 1.79 bits per heavy atom. The Morgan fingerprint density at radius 1 is 1.11 bits per heavy atom. The number of aryl methyl sites for hydroxylation is 1. The topological polar surface area (TPSA) is 3.24 Å². The Kier molecular flexibility index (Phi) is 4.89. The summed E-state index contributed by atoms with van der Waals surface area (Å²) in [5.41, 5.74) is 4.77. The van der Waals surface area contributed by atoms with Crippen molar-refractivity contribution in [3.8, 4) is 0 Å². The molecule has 0 fully saturated rings. The summed E-state index contributed by atoms with van der Waals surface area (Å²) in [5, 5.41) is 0. The van der Waals surface area contributed by atoms with Gasteiger partial charge in [-0.3, -0.25) is 0 Å². The van der Waals surface area contributed by atoms with Crippen LogP contribution in [0.25, 0.3) is 0 Å². The van der Waals surface area contributed by atoms with E-state index in [1.165, 1.54) is 11.3 Å². The van der Waals surface area contributed by atoms with Crippen molar-refractivity contribution in [2.45, 2.75) is 19.7 Å². The molecular weight excluding hydrogens is 322 g/mol. The zero-order valence-electron chi connectivity index (χ0n) is 11.2. The van der Waals surface area contributed by atoms with Crippen molar-refractivity contribution in [1.29, 1.82) is 0 Å². The van der Waals surface area contributed by atoms with Gasteiger partial charge in [0.05, 0.1) is 0 Å². The summed E-state index contributed by atoms with van der Waals surface area (Å²) in [5.74, 6) is 0.519. The van der Waals surface area contributed by atoms with Crippen LogP contribution in [0.5, 0.6) is 0 Å². The van der Waals surface area contributed by atoms with E-state index in [-0.39, 0.29) is 0 Å². The predicted molar refractivity (Wildman–Crippen MR) is 87.6 cm³/mol. The van der Waals surface area contributed by atoms with Gasteiger partial charge in [0, 0.05) is 28.3 Å². The molecule has 0 bridgehead atoms. The molecule has 0 radical (unpaired) electrons. The van der Waals surface area contributed by atoms with E-state index in [0.29, 0.717) is 5.88 Å². The normalized spacial score (nSPS) is 10.5. The summed E-state index contributed by atoms with van der Waals surface area (Å²) >= 11 is 9.59. The van der Waals surface area contributed by atoms with Crippen LogP contribution in [0.15, 0.2) is 46.9 Å². The van der Waals surface area contributed by atoms with Crippen LogP contribution < -0.4 is 4.90 Å². The fraction of sp³-hybridized carbons (Fsp3) is 0.250. The number of benzene rings is 2. The maximum absolute atomic E-state index is 6.06. The second-order valence-corrected chi connectivity index (χ2v) is 5.67. The summed E-state index contributed by atoms with van der Waals surface area (Å²) in [6, 6.07) is 14.8. The van der Waals surface area contributed by atoms with Crippen LogP contribution in [0, 0.1) is 6.92 Å². The Bertz CT molecular complexity index is 551. The van der Waals surface area contributed by atoms with E-state index in [0.717, 1.165) is 22.3 Å². The van der Waals surface area contributed by atoms with Crippen LogP contribution in [-0.4, -0.2) is 6.54 Å². The zero-order chi connectivity index (χ0) is 13.8. The van der Waals surface area contributed by atoms with Gasteiger partial charge in [-0.1, -0.05) is 39.7 Å². The first-order valence-electron chi connectivity index (χ1n) is 6.34. The molecule has 2 rings (SSSR count). The van der Waals surface area contributed by atoms with Gasteiger partial charge in [-0.05, 0) is 43.7 Å². The largest absolute Gasteiger partial charge is 0.341 e. The molecule has 2 aromatic carbocycles. The van der Waals surface area contributed by atoms with Gasteiger partial charge < -0.3 is 4.90 Å². The minimum atomic E-state index is 0.519. The van der Waals surface area contributed by atoms with Gasteiger partial charge in [-0.25, -0.2) is 0 Å². The molecule has 2 aromatic rings. The van der Waals surface area contributed by atoms with Gasteiger partial charge in [0.2, 0.25) is 0 Å². The van der Waals surface area contributed by atoms with E-state index in [2.05, 4.69) is 71.1 Å². The van der Waals surface area contributed by atoms with Crippen LogP contribution in [0.4, 0.5) is 11.4 Å². The number of hydrogen-bond donors (Lipinski definition) is 0. The number of nitrogens with zero attached hydrogens (tertiary/aromatic N) is 1. The lowest BCUT2D eigenvalue weighted by atomic mass is 10.1. The molecule has 1 nitrogen and oxygen atoms in total. The Hall–Kier alpha value is -0.990. The van der Waals surface area contributed by atoms with E-state index in [4.69, 9.17) is 11.6 Å². The third-order valence-corrected chi connectivity index (χ3v) is 3.93. The predicted octanol–water partition coefficient (Wildman–Crippen LogP) is 5.65. The quantitative estimate of drug-likeness (QED) is 0.651. The van der Waals surface area contributed by atoms with Crippen molar-refractivity contribution in [2.75, 3.05) is 11.4 Å². The minimum Gasteiger partial charge on any atom is -0.341 e. The van der Waals surface area contributed by atoms with E-state index in [1.807, 2.05) is 6.07 Å². The SMILES string of the molecule is CCN(c1ccc(C)cc1)c1cc(Br)ccc1CCl. The average Bonchev–Trinajstić information content (AvgIpc) is 2.42. The molecule has 0 atom stereocenters. The summed E-state index contributed by atoms with van der Waals surface area (Å²) in [4.78, 5) is 2.28. The van der Waals surface area contributed by atoms with Crippen molar-refractivity contribution in [3.63, 3.8) is 0 Å². The molecule has 100 valence electrons. The lowest BCUT2D eigenvalue weighted by molar-refractivity contribution is 1.01. The first-order chi connectivity index (χ1) is 9.15. The van der Waals surface area contributed by atoms with Crippen molar-refractivity contribution >= 4 is 38.9 Å². The molecule has 0 amide bonds. The summed E-state index contributed by atoms with van der Waals surface area (Å²) in [7, 11) is 0. The highest BCUT2D eigenvalue weighted by atomic mass is 79.9. The number of alkyl halides is 1. The molecule has 0 aliphatic rings. The molecule has 0 aliphatic heterocycles. The maximum Gasteiger partial charge on any atom is 0.0494 e. The van der Waals surface area contributed by atoms with Crippen molar-refractivity contribution < 1.29 is 0 Å². The van der Waals surface area contributed by atoms with Crippen molar-refractivity contribution in [2.24, 2.45) is 0 Å². The monoisotopic (exact) mass is 337 g/mol. The van der Waals surface area contributed by atoms with E-state index < -0.39 is 0 Å². The maximum atomic E-state index is 6.06. The second kappa shape index (κ2) is 6.44. The smallest absolute Gasteiger partial charge is 0.0494 e. The molecule has 0 unspecified atom stereocenters. The van der Waals surface area contributed by atoms with Crippen LogP contribution in [-0.2, 0) is 5.88 Å². The van der Waals surface area contributed by atoms with Crippen LogP contribution in [0.3, 0.4) is 0 Å². The van der Waals surface area contributed by atoms with Crippen LogP contribution in [0.1, 0.15) is 18.1 Å². The summed E-state index contributed by atoms with van der Waals surface area (Å²) < 4.78 is 1.07. The standard InChI is InChI=1S/C16H17BrClN/c1-3-19(15-8-4-12(2)5-9-15)16-10-14(17)7-6-13(16)11-18/h4-10H,3,11H2,1-2H3. The summed E-state index contributed by atoms with van der Waals surface area (Å²) in [6.45, 7) is 5.16. The third-order valence-electron chi connectivity index (χ3n) is 3.14. The lowest BCUT2D eigenvalue weighted by Gasteiger charge is -2.26. The number of rotatable bonds is 4. The van der Waals surface area contributed by atoms with E-state index >= 15 is 0 Å². The number of anilines is 2. The first kappa shape index (κ1) is 14.4. The van der Waals surface area contributed by atoms with Gasteiger partial charge in [0.15, 0.2) is 0 Å². The third kappa shape index (κ3) is 3.31.